The standard InChI is InChI=1S/C20H20ClFN2O4S2.C4H10O/c1-3-17(25)13-4-5-16(14(22)10-13)24-9-8-15(20(24)26)23-30(27,28)11-12(2)18-6-7-19(21)29-18;1-3-4-5-2/h4-7,10-11,15,23H,3,8-9H2,1-2H3;3-4H2,1-2H3/b12-11+;. The SMILES string of the molecule is CCC(=O)c1ccc(N2CCC(NS(=O)(=O)/C=C(\C)c3ccc(Cl)s3)C2=O)c(F)c1.CCCOC. The van der Waals surface area contributed by atoms with E-state index in [0.29, 0.717) is 14.8 Å². The van der Waals surface area contributed by atoms with Crippen molar-refractivity contribution in [2.75, 3.05) is 25.2 Å². The van der Waals surface area contributed by atoms with Gasteiger partial charge in [0, 0.05) is 37.1 Å². The molecular weight excluding hydrogens is 515 g/mol. The lowest BCUT2D eigenvalue weighted by molar-refractivity contribution is -0.118. The summed E-state index contributed by atoms with van der Waals surface area (Å²) in [5, 5.41) is 1.05. The molecule has 0 spiro atoms. The quantitative estimate of drug-likeness (QED) is 0.435. The molecule has 1 aliphatic heterocycles. The van der Waals surface area contributed by atoms with Gasteiger partial charge < -0.3 is 9.64 Å². The first kappa shape index (κ1) is 29.1. The van der Waals surface area contributed by atoms with Gasteiger partial charge in [0.2, 0.25) is 15.9 Å². The van der Waals surface area contributed by atoms with Crippen LogP contribution in [0.3, 0.4) is 0 Å². The molecule has 0 saturated carbocycles. The van der Waals surface area contributed by atoms with Crippen LogP contribution in [0.4, 0.5) is 10.1 Å². The van der Waals surface area contributed by atoms with Crippen molar-refractivity contribution >= 4 is 55.9 Å². The van der Waals surface area contributed by atoms with Gasteiger partial charge in [0.05, 0.1) is 15.4 Å². The third-order valence-corrected chi connectivity index (χ3v) is 7.74. The number of ketones is 1. The number of methoxy groups -OCH3 is 1. The topological polar surface area (TPSA) is 92.8 Å². The van der Waals surface area contributed by atoms with E-state index in [0.717, 1.165) is 24.5 Å². The van der Waals surface area contributed by atoms with Crippen molar-refractivity contribution in [1.29, 1.82) is 0 Å². The molecule has 11 heteroatoms. The van der Waals surface area contributed by atoms with E-state index < -0.39 is 27.8 Å². The number of benzene rings is 1. The van der Waals surface area contributed by atoms with E-state index in [9.17, 15) is 22.4 Å². The highest BCUT2D eigenvalue weighted by atomic mass is 35.5. The molecule has 0 aliphatic carbocycles. The van der Waals surface area contributed by atoms with Crippen molar-refractivity contribution in [3.05, 3.63) is 56.3 Å². The molecule has 1 amide bonds. The molecule has 1 aromatic heterocycles. The summed E-state index contributed by atoms with van der Waals surface area (Å²) in [4.78, 5) is 26.3. The van der Waals surface area contributed by atoms with Gasteiger partial charge in [-0.25, -0.2) is 12.8 Å². The zero-order chi connectivity index (χ0) is 26.2. The molecule has 1 saturated heterocycles. The number of hydrogen-bond donors (Lipinski definition) is 1. The van der Waals surface area contributed by atoms with Gasteiger partial charge in [0.1, 0.15) is 11.9 Å². The Balaban J connectivity index is 0.000000784. The van der Waals surface area contributed by atoms with Crippen LogP contribution in [0.2, 0.25) is 4.34 Å². The number of halogens is 2. The van der Waals surface area contributed by atoms with Gasteiger partial charge in [-0.15, -0.1) is 11.3 Å². The summed E-state index contributed by atoms with van der Waals surface area (Å²) >= 11 is 7.13. The Bertz CT molecular complexity index is 1180. The third-order valence-electron chi connectivity index (χ3n) is 5.10. The summed E-state index contributed by atoms with van der Waals surface area (Å²) in [6.07, 6.45) is 1.57. The number of anilines is 1. The fourth-order valence-corrected chi connectivity index (χ4v) is 5.75. The van der Waals surface area contributed by atoms with Crippen molar-refractivity contribution in [2.45, 2.75) is 46.1 Å². The van der Waals surface area contributed by atoms with Gasteiger partial charge in [0.25, 0.3) is 0 Å². The summed E-state index contributed by atoms with van der Waals surface area (Å²) < 4.78 is 47.1. The Labute approximate surface area is 215 Å². The zero-order valence-electron chi connectivity index (χ0n) is 20.1. The van der Waals surface area contributed by atoms with E-state index in [1.54, 1.807) is 33.1 Å². The predicted octanol–water partition coefficient (Wildman–Crippen LogP) is 5.26. The minimum Gasteiger partial charge on any atom is -0.385 e. The fraction of sp³-hybridized carbons (Fsp3) is 0.417. The van der Waals surface area contributed by atoms with E-state index in [1.807, 2.05) is 0 Å². The number of ether oxygens (including phenoxy) is 1. The second kappa shape index (κ2) is 13.3. The first-order chi connectivity index (χ1) is 16.5. The number of sulfonamides is 1. The summed E-state index contributed by atoms with van der Waals surface area (Å²) in [7, 11) is -2.20. The van der Waals surface area contributed by atoms with Crippen LogP contribution in [-0.2, 0) is 19.6 Å². The lowest BCUT2D eigenvalue weighted by atomic mass is 10.1. The number of carbonyl (C=O) groups is 2. The Hall–Kier alpha value is -2.11. The minimum atomic E-state index is -3.91. The number of nitrogens with one attached hydrogen (secondary N) is 1. The van der Waals surface area contributed by atoms with Crippen LogP contribution in [0.15, 0.2) is 35.7 Å². The van der Waals surface area contributed by atoms with Crippen LogP contribution in [0.25, 0.3) is 5.57 Å². The number of thiophene rings is 1. The average Bonchev–Trinajstić information content (AvgIpc) is 3.39. The summed E-state index contributed by atoms with van der Waals surface area (Å²) in [6.45, 7) is 6.45. The molecule has 2 heterocycles. The molecule has 1 atom stereocenters. The Kier molecular flexibility index (Phi) is 11.0. The Morgan fingerprint density at radius 1 is 1.31 bits per heavy atom. The third kappa shape index (κ3) is 8.22. The minimum absolute atomic E-state index is 0.0225. The molecule has 0 bridgehead atoms. The van der Waals surface area contributed by atoms with Gasteiger partial charge in [0.15, 0.2) is 5.78 Å². The molecule has 2 aromatic rings. The lowest BCUT2D eigenvalue weighted by Crippen LogP contribution is -2.41. The second-order valence-corrected chi connectivity index (χ2v) is 11.1. The number of hydrogen-bond acceptors (Lipinski definition) is 6. The average molecular weight is 545 g/mol. The van der Waals surface area contributed by atoms with Gasteiger partial charge in [-0.05, 0) is 55.7 Å². The first-order valence-electron chi connectivity index (χ1n) is 11.1. The molecule has 1 unspecified atom stereocenters. The van der Waals surface area contributed by atoms with E-state index in [1.165, 1.54) is 28.4 Å². The highest BCUT2D eigenvalue weighted by molar-refractivity contribution is 7.92. The number of rotatable bonds is 9. The smallest absolute Gasteiger partial charge is 0.245 e. The number of nitrogens with zero attached hydrogens (tertiary/aromatic N) is 1. The van der Waals surface area contributed by atoms with Crippen LogP contribution < -0.4 is 9.62 Å². The van der Waals surface area contributed by atoms with Crippen molar-refractivity contribution in [1.82, 2.24) is 4.72 Å². The largest absolute Gasteiger partial charge is 0.385 e. The highest BCUT2D eigenvalue weighted by Gasteiger charge is 2.36. The van der Waals surface area contributed by atoms with Crippen molar-refractivity contribution in [3.8, 4) is 0 Å². The second-order valence-electron chi connectivity index (χ2n) is 7.83. The van der Waals surface area contributed by atoms with Crippen LogP contribution in [0.1, 0.15) is 55.3 Å². The maximum absolute atomic E-state index is 14.5. The molecule has 0 radical (unpaired) electrons. The number of amides is 1. The molecule has 192 valence electrons. The number of allylic oxidation sites excluding steroid dienone is 1. The van der Waals surface area contributed by atoms with Crippen molar-refractivity contribution in [2.24, 2.45) is 0 Å². The molecule has 3 rings (SSSR count). The fourth-order valence-electron chi connectivity index (χ4n) is 3.39. The normalized spacial score (nSPS) is 16.3. The molecule has 1 aliphatic rings. The Morgan fingerprint density at radius 2 is 2.03 bits per heavy atom. The number of carbonyl (C=O) groups excluding carboxylic acids is 2. The van der Waals surface area contributed by atoms with E-state index in [-0.39, 0.29) is 36.4 Å². The molecule has 1 aromatic carbocycles. The number of Topliss-reactive ketones (excluding diaryl/α,β-unsaturated/α-hetero) is 1. The van der Waals surface area contributed by atoms with Gasteiger partial charge in [-0.3, -0.25) is 9.59 Å². The van der Waals surface area contributed by atoms with Gasteiger partial charge in [-0.1, -0.05) is 25.4 Å². The van der Waals surface area contributed by atoms with E-state index in [4.69, 9.17) is 16.3 Å². The molecule has 1 fully saturated rings. The monoisotopic (exact) mass is 544 g/mol. The maximum atomic E-state index is 14.5. The summed E-state index contributed by atoms with van der Waals surface area (Å²) in [6, 6.07) is 6.33. The predicted molar refractivity (Wildman–Crippen MR) is 139 cm³/mol. The van der Waals surface area contributed by atoms with Crippen LogP contribution in [-0.4, -0.2) is 46.4 Å². The molecule has 7 nitrogen and oxygen atoms in total. The van der Waals surface area contributed by atoms with Gasteiger partial charge in [-0.2, -0.15) is 4.72 Å². The van der Waals surface area contributed by atoms with E-state index >= 15 is 0 Å². The maximum Gasteiger partial charge on any atom is 0.245 e. The van der Waals surface area contributed by atoms with Crippen molar-refractivity contribution in [3.63, 3.8) is 0 Å². The van der Waals surface area contributed by atoms with Crippen molar-refractivity contribution < 1.29 is 27.1 Å². The van der Waals surface area contributed by atoms with Crippen LogP contribution in [0.5, 0.6) is 0 Å². The summed E-state index contributed by atoms with van der Waals surface area (Å²) in [5.41, 5.74) is 0.746. The summed E-state index contributed by atoms with van der Waals surface area (Å²) in [5.74, 6) is -1.44. The van der Waals surface area contributed by atoms with Crippen LogP contribution >= 0.6 is 22.9 Å². The van der Waals surface area contributed by atoms with E-state index in [2.05, 4.69) is 11.6 Å². The van der Waals surface area contributed by atoms with Crippen LogP contribution in [0, 0.1) is 5.82 Å². The lowest BCUT2D eigenvalue weighted by Gasteiger charge is -2.18. The molecular formula is C24H30ClFN2O5S2. The zero-order valence-corrected chi connectivity index (χ0v) is 22.5. The molecule has 1 N–H and O–H groups in total. The molecule has 35 heavy (non-hydrogen) atoms. The highest BCUT2D eigenvalue weighted by Crippen LogP contribution is 2.29. The first-order valence-corrected chi connectivity index (χ1v) is 13.9. The van der Waals surface area contributed by atoms with Gasteiger partial charge >= 0.3 is 0 Å². The Morgan fingerprint density at radius 3 is 2.54 bits per heavy atom.